The van der Waals surface area contributed by atoms with Gasteiger partial charge in [-0.25, -0.2) is 9.55 Å². The first-order valence-electron chi connectivity index (χ1n) is 3.72. The van der Waals surface area contributed by atoms with E-state index in [2.05, 4.69) is 10.3 Å². The maximum atomic E-state index is 12.4. The van der Waals surface area contributed by atoms with Crippen LogP contribution < -0.4 is 5.32 Å². The van der Waals surface area contributed by atoms with Gasteiger partial charge in [0.25, 0.3) is 0 Å². The van der Waals surface area contributed by atoms with E-state index in [9.17, 15) is 13.2 Å². The van der Waals surface area contributed by atoms with Crippen LogP contribution in [0.5, 0.6) is 0 Å². The number of aryl methyl sites for hydroxylation is 1. The van der Waals surface area contributed by atoms with Crippen LogP contribution in [0.4, 0.5) is 13.2 Å². The molecule has 0 saturated heterocycles. The van der Waals surface area contributed by atoms with Crippen molar-refractivity contribution in [3.63, 3.8) is 0 Å². The fourth-order valence-corrected chi connectivity index (χ4v) is 1.12. The second-order valence-corrected chi connectivity index (χ2v) is 2.65. The molecule has 0 bridgehead atoms. The molecule has 0 unspecified atom stereocenters. The second kappa shape index (κ2) is 3.37. The standard InChI is InChI=1S/C7H10F3N3/c1-5-3-12-6(4-11-2)13(5)7(8,9)10/h3,11H,4H2,1-2H3. The Hall–Kier alpha value is -1.04. The molecule has 0 saturated carbocycles. The Labute approximate surface area is 73.6 Å². The van der Waals surface area contributed by atoms with Crippen molar-refractivity contribution in [2.75, 3.05) is 7.05 Å². The molecule has 0 aliphatic carbocycles. The minimum absolute atomic E-state index is 0.0208. The summed E-state index contributed by atoms with van der Waals surface area (Å²) in [7, 11) is 1.57. The molecule has 3 nitrogen and oxygen atoms in total. The molecule has 1 N–H and O–H groups in total. The number of nitrogens with one attached hydrogen (secondary N) is 1. The first-order chi connectivity index (χ1) is 5.96. The third-order valence-electron chi connectivity index (χ3n) is 1.60. The van der Waals surface area contributed by atoms with Gasteiger partial charge in [0.05, 0.1) is 6.54 Å². The summed E-state index contributed by atoms with van der Waals surface area (Å²) >= 11 is 0. The number of rotatable bonds is 2. The van der Waals surface area contributed by atoms with Gasteiger partial charge in [-0.3, -0.25) is 0 Å². The van der Waals surface area contributed by atoms with Gasteiger partial charge < -0.3 is 5.32 Å². The molecule has 13 heavy (non-hydrogen) atoms. The summed E-state index contributed by atoms with van der Waals surface area (Å²) in [5.41, 5.74) is 0.0951. The lowest BCUT2D eigenvalue weighted by Crippen LogP contribution is -2.23. The highest BCUT2D eigenvalue weighted by Gasteiger charge is 2.34. The van der Waals surface area contributed by atoms with E-state index in [1.807, 2.05) is 0 Å². The highest BCUT2D eigenvalue weighted by molar-refractivity contribution is 5.04. The van der Waals surface area contributed by atoms with Crippen molar-refractivity contribution in [2.45, 2.75) is 19.8 Å². The van der Waals surface area contributed by atoms with Gasteiger partial charge in [-0.05, 0) is 14.0 Å². The predicted octanol–water partition coefficient (Wildman–Crippen LogP) is 1.39. The van der Waals surface area contributed by atoms with E-state index in [0.29, 0.717) is 0 Å². The molecule has 0 aliphatic rings. The van der Waals surface area contributed by atoms with Gasteiger partial charge in [0.15, 0.2) is 0 Å². The first kappa shape index (κ1) is 10.0. The maximum absolute atomic E-state index is 12.4. The van der Waals surface area contributed by atoms with E-state index < -0.39 is 6.30 Å². The number of nitrogens with zero attached hydrogens (tertiary/aromatic N) is 2. The first-order valence-corrected chi connectivity index (χ1v) is 3.72. The highest BCUT2D eigenvalue weighted by Crippen LogP contribution is 2.25. The van der Waals surface area contributed by atoms with Gasteiger partial charge in [-0.1, -0.05) is 0 Å². The minimum atomic E-state index is -4.38. The second-order valence-electron chi connectivity index (χ2n) is 2.65. The van der Waals surface area contributed by atoms with Crippen LogP contribution in [0.25, 0.3) is 0 Å². The predicted molar refractivity (Wildman–Crippen MR) is 41.0 cm³/mol. The number of aromatic nitrogens is 2. The van der Waals surface area contributed by atoms with Crippen LogP contribution >= 0.6 is 0 Å². The fourth-order valence-electron chi connectivity index (χ4n) is 1.12. The monoisotopic (exact) mass is 193 g/mol. The molecular formula is C7H10F3N3. The molecule has 0 radical (unpaired) electrons. The van der Waals surface area contributed by atoms with Crippen molar-refractivity contribution >= 4 is 0 Å². The Morgan fingerprint density at radius 3 is 2.62 bits per heavy atom. The van der Waals surface area contributed by atoms with Gasteiger partial charge in [-0.2, -0.15) is 0 Å². The average Bonchev–Trinajstić information content (AvgIpc) is 2.31. The molecule has 1 heterocycles. The van der Waals surface area contributed by atoms with Crippen LogP contribution in [0.3, 0.4) is 0 Å². The molecule has 1 aromatic heterocycles. The molecule has 0 aromatic carbocycles. The van der Waals surface area contributed by atoms with E-state index >= 15 is 0 Å². The lowest BCUT2D eigenvalue weighted by atomic mass is 10.5. The number of halogens is 3. The average molecular weight is 193 g/mol. The lowest BCUT2D eigenvalue weighted by molar-refractivity contribution is -0.206. The van der Waals surface area contributed by atoms with Crippen LogP contribution in [-0.2, 0) is 12.8 Å². The van der Waals surface area contributed by atoms with Gasteiger partial charge in [0.2, 0.25) is 0 Å². The van der Waals surface area contributed by atoms with Crippen LogP contribution in [0.1, 0.15) is 11.5 Å². The molecule has 0 fully saturated rings. The molecule has 0 atom stereocenters. The Morgan fingerprint density at radius 2 is 2.15 bits per heavy atom. The van der Waals surface area contributed by atoms with E-state index in [-0.39, 0.29) is 22.6 Å². The Bertz CT molecular complexity index is 290. The van der Waals surface area contributed by atoms with Gasteiger partial charge in [0, 0.05) is 11.9 Å². The summed E-state index contributed by atoms with van der Waals surface area (Å²) < 4.78 is 37.4. The summed E-state index contributed by atoms with van der Waals surface area (Å²) in [6.45, 7) is 1.48. The summed E-state index contributed by atoms with van der Waals surface area (Å²) in [6, 6.07) is 0. The Morgan fingerprint density at radius 1 is 1.54 bits per heavy atom. The SMILES string of the molecule is CNCc1ncc(C)n1C(F)(F)F. The summed E-state index contributed by atoms with van der Waals surface area (Å²) in [6.07, 6.45) is -3.17. The quantitative estimate of drug-likeness (QED) is 0.769. The zero-order valence-corrected chi connectivity index (χ0v) is 7.31. The smallest absolute Gasteiger partial charge is 0.313 e. The normalized spacial score (nSPS) is 12.1. The fraction of sp³-hybridized carbons (Fsp3) is 0.571. The highest BCUT2D eigenvalue weighted by atomic mass is 19.4. The van der Waals surface area contributed by atoms with Crippen LogP contribution in [0.15, 0.2) is 6.20 Å². The number of imidazole rings is 1. The number of alkyl halides is 3. The third kappa shape index (κ3) is 2.00. The molecule has 0 spiro atoms. The van der Waals surface area contributed by atoms with Crippen LogP contribution in [-0.4, -0.2) is 16.6 Å². The third-order valence-corrected chi connectivity index (χ3v) is 1.60. The summed E-state index contributed by atoms with van der Waals surface area (Å²) in [5, 5.41) is 2.63. The molecule has 0 amide bonds. The van der Waals surface area contributed by atoms with E-state index in [1.54, 1.807) is 7.05 Å². The molecular weight excluding hydrogens is 183 g/mol. The van der Waals surface area contributed by atoms with Crippen molar-refractivity contribution in [2.24, 2.45) is 0 Å². The van der Waals surface area contributed by atoms with Gasteiger partial charge >= 0.3 is 6.30 Å². The minimum Gasteiger partial charge on any atom is -0.313 e. The molecule has 6 heteroatoms. The summed E-state index contributed by atoms with van der Waals surface area (Å²) in [4.78, 5) is 3.65. The Kier molecular flexibility index (Phi) is 2.60. The summed E-state index contributed by atoms with van der Waals surface area (Å²) in [5.74, 6) is -0.0208. The molecule has 1 aromatic rings. The maximum Gasteiger partial charge on any atom is 0.490 e. The topological polar surface area (TPSA) is 29.9 Å². The van der Waals surface area contributed by atoms with Crippen molar-refractivity contribution in [3.05, 3.63) is 17.7 Å². The molecule has 74 valence electrons. The lowest BCUT2D eigenvalue weighted by Gasteiger charge is -2.12. The van der Waals surface area contributed by atoms with Crippen LogP contribution in [0, 0.1) is 6.92 Å². The van der Waals surface area contributed by atoms with Crippen molar-refractivity contribution in [1.82, 2.24) is 14.9 Å². The molecule has 1 rings (SSSR count). The zero-order valence-electron chi connectivity index (χ0n) is 7.31. The zero-order chi connectivity index (χ0) is 10.1. The largest absolute Gasteiger partial charge is 0.490 e. The van der Waals surface area contributed by atoms with E-state index in [0.717, 1.165) is 0 Å². The number of hydrogen-bond acceptors (Lipinski definition) is 2. The van der Waals surface area contributed by atoms with Gasteiger partial charge in [0.1, 0.15) is 5.82 Å². The van der Waals surface area contributed by atoms with E-state index in [4.69, 9.17) is 0 Å². The van der Waals surface area contributed by atoms with Crippen molar-refractivity contribution < 1.29 is 13.2 Å². The Balaban J connectivity index is 3.09. The van der Waals surface area contributed by atoms with Crippen LogP contribution in [0.2, 0.25) is 0 Å². The number of hydrogen-bond donors (Lipinski definition) is 1. The van der Waals surface area contributed by atoms with Crippen molar-refractivity contribution in [3.8, 4) is 0 Å². The molecule has 0 aliphatic heterocycles. The van der Waals surface area contributed by atoms with Gasteiger partial charge in [-0.15, -0.1) is 13.2 Å². The van der Waals surface area contributed by atoms with Crippen molar-refractivity contribution in [1.29, 1.82) is 0 Å². The van der Waals surface area contributed by atoms with E-state index in [1.165, 1.54) is 13.1 Å².